The van der Waals surface area contributed by atoms with Gasteiger partial charge in [-0.1, -0.05) is 66.7 Å². The highest BCUT2D eigenvalue weighted by Crippen LogP contribution is 2.22. The number of rotatable bonds is 5. The number of aliphatic carboxylic acids is 2. The first-order valence-electron chi connectivity index (χ1n) is 10.0. The Kier molecular flexibility index (Phi) is 7.79. The number of benzene rings is 3. The van der Waals surface area contributed by atoms with Gasteiger partial charge in [-0.25, -0.2) is 9.59 Å². The highest BCUT2D eigenvalue weighted by atomic mass is 16.5. The van der Waals surface area contributed by atoms with E-state index in [1.165, 1.54) is 22.3 Å². The van der Waals surface area contributed by atoms with Crippen LogP contribution in [0.5, 0.6) is 5.75 Å². The smallest absolute Gasteiger partial charge is 0.414 e. The highest BCUT2D eigenvalue weighted by molar-refractivity contribution is 6.27. The molecule has 0 saturated carbocycles. The average Bonchev–Trinajstić information content (AvgIpc) is 2.79. The van der Waals surface area contributed by atoms with Gasteiger partial charge < -0.3 is 14.9 Å². The summed E-state index contributed by atoms with van der Waals surface area (Å²) < 4.78 is 5.96. The normalized spacial score (nSPS) is 12.8. The molecule has 0 aromatic heterocycles. The van der Waals surface area contributed by atoms with Gasteiger partial charge in [-0.2, -0.15) is 0 Å². The van der Waals surface area contributed by atoms with Gasteiger partial charge in [-0.15, -0.1) is 0 Å². The molecule has 0 amide bonds. The fraction of sp³-hybridized carbons (Fsp3) is 0.200. The van der Waals surface area contributed by atoms with Crippen LogP contribution in [-0.4, -0.2) is 33.6 Å². The molecule has 3 aromatic carbocycles. The summed E-state index contributed by atoms with van der Waals surface area (Å²) in [4.78, 5) is 20.7. The molecule has 0 unspecified atom stereocenters. The molecule has 0 fully saturated rings. The van der Waals surface area contributed by atoms with Gasteiger partial charge in [0.2, 0.25) is 0 Å². The van der Waals surface area contributed by atoms with Gasteiger partial charge >= 0.3 is 11.9 Å². The van der Waals surface area contributed by atoms with Crippen LogP contribution in [0, 0.1) is 0 Å². The molecule has 1 heterocycles. The third kappa shape index (κ3) is 6.97. The van der Waals surface area contributed by atoms with E-state index >= 15 is 0 Å². The maximum absolute atomic E-state index is 9.10. The zero-order valence-corrected chi connectivity index (χ0v) is 17.1. The fourth-order valence-corrected chi connectivity index (χ4v) is 3.42. The Balaban J connectivity index is 0.000000401. The molecule has 2 N–H and O–H groups in total. The molecule has 1 aliphatic rings. The van der Waals surface area contributed by atoms with E-state index in [0.29, 0.717) is 6.61 Å². The molecule has 160 valence electrons. The summed E-state index contributed by atoms with van der Waals surface area (Å²) in [7, 11) is 0. The molecule has 0 spiro atoms. The molecule has 1 aliphatic heterocycles. The molecule has 0 aliphatic carbocycles. The second-order valence-corrected chi connectivity index (χ2v) is 7.26. The molecule has 0 bridgehead atoms. The van der Waals surface area contributed by atoms with E-state index in [9.17, 15) is 0 Å². The number of fused-ring (bicyclic) bond motifs is 1. The van der Waals surface area contributed by atoms with Crippen LogP contribution in [0.3, 0.4) is 0 Å². The van der Waals surface area contributed by atoms with Crippen LogP contribution >= 0.6 is 0 Å². The van der Waals surface area contributed by atoms with E-state index in [1.807, 2.05) is 24.3 Å². The van der Waals surface area contributed by atoms with Crippen molar-refractivity contribution < 1.29 is 24.5 Å². The van der Waals surface area contributed by atoms with Gasteiger partial charge in [-0.05, 0) is 40.8 Å². The van der Waals surface area contributed by atoms with E-state index in [1.54, 1.807) is 0 Å². The number of ether oxygens (including phenoxy) is 1. The number of carboxylic acids is 2. The summed E-state index contributed by atoms with van der Waals surface area (Å²) in [5.41, 5.74) is 5.47. The zero-order chi connectivity index (χ0) is 22.1. The van der Waals surface area contributed by atoms with Crippen LogP contribution in [0.25, 0.3) is 0 Å². The summed E-state index contributed by atoms with van der Waals surface area (Å²) in [6, 6.07) is 27.6. The molecule has 0 radical (unpaired) electrons. The van der Waals surface area contributed by atoms with Crippen molar-refractivity contribution >= 4 is 11.9 Å². The van der Waals surface area contributed by atoms with E-state index in [2.05, 4.69) is 59.5 Å². The van der Waals surface area contributed by atoms with Gasteiger partial charge in [0.05, 0.1) is 0 Å². The van der Waals surface area contributed by atoms with Crippen LogP contribution < -0.4 is 4.74 Å². The molecule has 4 rings (SSSR count). The molecule has 0 saturated heterocycles. The number of hydrogen-bond donors (Lipinski definition) is 2. The first kappa shape index (κ1) is 22.1. The van der Waals surface area contributed by atoms with Gasteiger partial charge in [-0.3, -0.25) is 4.90 Å². The van der Waals surface area contributed by atoms with Crippen LogP contribution in [0.4, 0.5) is 0 Å². The lowest BCUT2D eigenvalue weighted by Crippen LogP contribution is -2.29. The zero-order valence-electron chi connectivity index (χ0n) is 17.1. The fourth-order valence-electron chi connectivity index (χ4n) is 3.42. The first-order valence-corrected chi connectivity index (χ1v) is 10.0. The van der Waals surface area contributed by atoms with Gasteiger partial charge in [0.1, 0.15) is 12.4 Å². The second-order valence-electron chi connectivity index (χ2n) is 7.26. The third-order valence-electron chi connectivity index (χ3n) is 4.95. The summed E-state index contributed by atoms with van der Waals surface area (Å²) >= 11 is 0. The predicted octanol–water partition coefficient (Wildman–Crippen LogP) is 3.98. The number of carboxylic acid groups (broad SMARTS) is 2. The second kappa shape index (κ2) is 10.9. The van der Waals surface area contributed by atoms with Crippen molar-refractivity contribution in [1.29, 1.82) is 0 Å². The van der Waals surface area contributed by atoms with Crippen LogP contribution in [0.2, 0.25) is 0 Å². The SMILES string of the molecule is O=C(O)C(=O)O.c1ccc(COc2cccc(CN3CCc4ccccc4C3)c2)cc1. The Bertz CT molecular complexity index is 1010. The lowest BCUT2D eigenvalue weighted by Gasteiger charge is -2.28. The summed E-state index contributed by atoms with van der Waals surface area (Å²) in [5.74, 6) is -2.70. The minimum absolute atomic E-state index is 0.612. The van der Waals surface area contributed by atoms with Crippen molar-refractivity contribution in [3.8, 4) is 5.75 Å². The molecular weight excluding hydrogens is 394 g/mol. The Morgan fingerprint density at radius 3 is 2.16 bits per heavy atom. The van der Waals surface area contributed by atoms with Crippen molar-refractivity contribution in [3.63, 3.8) is 0 Å². The Morgan fingerprint density at radius 2 is 1.45 bits per heavy atom. The number of nitrogens with zero attached hydrogens (tertiary/aromatic N) is 1. The molecular formula is C25H25NO5. The lowest BCUT2D eigenvalue weighted by molar-refractivity contribution is -0.159. The molecule has 0 atom stereocenters. The first-order chi connectivity index (χ1) is 15.0. The Labute approximate surface area is 181 Å². The number of carbonyl (C=O) groups is 2. The third-order valence-corrected chi connectivity index (χ3v) is 4.95. The van der Waals surface area contributed by atoms with Gasteiger partial charge in [0.15, 0.2) is 0 Å². The minimum Gasteiger partial charge on any atom is -0.489 e. The van der Waals surface area contributed by atoms with Crippen molar-refractivity contribution in [3.05, 3.63) is 101 Å². The van der Waals surface area contributed by atoms with E-state index < -0.39 is 11.9 Å². The van der Waals surface area contributed by atoms with E-state index in [0.717, 1.165) is 31.8 Å². The van der Waals surface area contributed by atoms with E-state index in [4.69, 9.17) is 24.5 Å². The molecule has 6 heteroatoms. The van der Waals surface area contributed by atoms with Crippen molar-refractivity contribution in [2.24, 2.45) is 0 Å². The molecule has 3 aromatic rings. The Morgan fingerprint density at radius 1 is 0.806 bits per heavy atom. The Hall–Kier alpha value is -3.64. The summed E-state index contributed by atoms with van der Waals surface area (Å²) in [6.07, 6.45) is 1.14. The highest BCUT2D eigenvalue weighted by Gasteiger charge is 2.15. The topological polar surface area (TPSA) is 87.1 Å². The van der Waals surface area contributed by atoms with Crippen molar-refractivity contribution in [1.82, 2.24) is 4.90 Å². The van der Waals surface area contributed by atoms with Crippen molar-refractivity contribution in [2.45, 2.75) is 26.1 Å². The summed E-state index contributed by atoms with van der Waals surface area (Å²) in [5, 5.41) is 14.8. The molecule has 31 heavy (non-hydrogen) atoms. The monoisotopic (exact) mass is 419 g/mol. The lowest BCUT2D eigenvalue weighted by atomic mass is 9.99. The largest absolute Gasteiger partial charge is 0.489 e. The van der Waals surface area contributed by atoms with Crippen LogP contribution in [0.1, 0.15) is 22.3 Å². The van der Waals surface area contributed by atoms with Gasteiger partial charge in [0, 0.05) is 19.6 Å². The summed E-state index contributed by atoms with van der Waals surface area (Å²) in [6.45, 7) is 3.73. The average molecular weight is 419 g/mol. The maximum atomic E-state index is 9.10. The van der Waals surface area contributed by atoms with Crippen LogP contribution in [0.15, 0.2) is 78.9 Å². The van der Waals surface area contributed by atoms with E-state index in [-0.39, 0.29) is 0 Å². The van der Waals surface area contributed by atoms with Gasteiger partial charge in [0.25, 0.3) is 0 Å². The maximum Gasteiger partial charge on any atom is 0.414 e. The standard InChI is InChI=1S/C23H23NO.C2H2O4/c1-2-7-19(8-3-1)18-25-23-12-6-9-20(15-23)16-24-14-13-21-10-4-5-11-22(21)17-24;3-1(4)2(5)6/h1-12,15H,13-14,16-18H2;(H,3,4)(H,5,6). The minimum atomic E-state index is -1.82. The molecule has 6 nitrogen and oxygen atoms in total. The predicted molar refractivity (Wildman–Crippen MR) is 117 cm³/mol. The number of hydrogen-bond acceptors (Lipinski definition) is 4. The van der Waals surface area contributed by atoms with Crippen molar-refractivity contribution in [2.75, 3.05) is 6.54 Å². The van der Waals surface area contributed by atoms with Crippen LogP contribution in [-0.2, 0) is 35.7 Å². The quantitative estimate of drug-likeness (QED) is 0.609.